The third-order valence-corrected chi connectivity index (χ3v) is 3.92. The Morgan fingerprint density at radius 1 is 1.24 bits per heavy atom. The van der Waals surface area contributed by atoms with Crippen LogP contribution in [0.5, 0.6) is 0 Å². The minimum Gasteiger partial charge on any atom is -0.353 e. The van der Waals surface area contributed by atoms with Gasteiger partial charge in [0, 0.05) is 18.1 Å². The highest BCUT2D eigenvalue weighted by Crippen LogP contribution is 2.34. The molecule has 1 fully saturated rings. The van der Waals surface area contributed by atoms with Gasteiger partial charge in [-0.1, -0.05) is 11.6 Å². The van der Waals surface area contributed by atoms with Gasteiger partial charge in [0.1, 0.15) is 0 Å². The Kier molecular flexibility index (Phi) is 4.42. The van der Waals surface area contributed by atoms with Crippen molar-refractivity contribution in [3.05, 3.63) is 46.7 Å². The molecule has 10 heteroatoms. The van der Waals surface area contributed by atoms with Gasteiger partial charge in [0.25, 0.3) is 5.91 Å². The molecule has 3 rings (SSSR count). The highest BCUT2D eigenvalue weighted by atomic mass is 35.5. The molecule has 1 aliphatic heterocycles. The van der Waals surface area contributed by atoms with Gasteiger partial charge < -0.3 is 10.2 Å². The molecule has 1 aliphatic rings. The molecule has 0 saturated carbocycles. The van der Waals surface area contributed by atoms with Crippen LogP contribution in [-0.4, -0.2) is 46.1 Å². The summed E-state index contributed by atoms with van der Waals surface area (Å²) in [6, 6.07) is 5.59. The van der Waals surface area contributed by atoms with Crippen LogP contribution in [0, 0.1) is 0 Å². The molecule has 0 radical (unpaired) electrons. The van der Waals surface area contributed by atoms with Gasteiger partial charge in [0.2, 0.25) is 5.91 Å². The van der Waals surface area contributed by atoms with Crippen molar-refractivity contribution < 1.29 is 22.8 Å². The maximum Gasteiger partial charge on any atom is 0.434 e. The summed E-state index contributed by atoms with van der Waals surface area (Å²) < 4.78 is 41.4. The predicted octanol–water partition coefficient (Wildman–Crippen LogP) is 2.12. The maximum absolute atomic E-state index is 13.6. The molecular weight excluding hydrogens is 361 g/mol. The lowest BCUT2D eigenvalue weighted by Crippen LogP contribution is -2.50. The third kappa shape index (κ3) is 3.46. The van der Waals surface area contributed by atoms with Crippen LogP contribution < -0.4 is 5.32 Å². The number of aromatic nitrogens is 2. The highest BCUT2D eigenvalue weighted by molar-refractivity contribution is 6.30. The highest BCUT2D eigenvalue weighted by Gasteiger charge is 2.41. The van der Waals surface area contributed by atoms with Crippen molar-refractivity contribution in [1.29, 1.82) is 0 Å². The summed E-state index contributed by atoms with van der Waals surface area (Å²) >= 11 is 5.75. The van der Waals surface area contributed by atoms with Gasteiger partial charge in [-0.15, -0.1) is 0 Å². The first kappa shape index (κ1) is 17.3. The van der Waals surface area contributed by atoms with E-state index < -0.39 is 29.2 Å². The van der Waals surface area contributed by atoms with E-state index in [2.05, 4.69) is 10.4 Å². The first-order valence-corrected chi connectivity index (χ1v) is 7.62. The molecule has 132 valence electrons. The lowest BCUT2D eigenvalue weighted by molar-refractivity contribution is -0.143. The Labute approximate surface area is 145 Å². The van der Waals surface area contributed by atoms with E-state index in [0.717, 1.165) is 11.1 Å². The van der Waals surface area contributed by atoms with Gasteiger partial charge in [-0.2, -0.15) is 18.3 Å². The van der Waals surface area contributed by atoms with Crippen LogP contribution in [0.15, 0.2) is 30.5 Å². The molecule has 0 spiro atoms. The van der Waals surface area contributed by atoms with Crippen LogP contribution >= 0.6 is 11.6 Å². The Balaban J connectivity index is 2.04. The van der Waals surface area contributed by atoms with Crippen molar-refractivity contribution >= 4 is 23.4 Å². The van der Waals surface area contributed by atoms with Crippen LogP contribution in [-0.2, 0) is 11.0 Å². The summed E-state index contributed by atoms with van der Waals surface area (Å²) in [7, 11) is 0. The number of piperazine rings is 1. The molecule has 6 nitrogen and oxygen atoms in total. The van der Waals surface area contributed by atoms with Crippen LogP contribution in [0.4, 0.5) is 13.2 Å². The van der Waals surface area contributed by atoms with Gasteiger partial charge in [-0.05, 0) is 24.3 Å². The number of alkyl halides is 3. The average molecular weight is 373 g/mol. The molecule has 0 bridgehead atoms. The molecular formula is C15H12ClF3N4O2. The fourth-order valence-corrected chi connectivity index (χ4v) is 2.66. The maximum atomic E-state index is 13.6. The summed E-state index contributed by atoms with van der Waals surface area (Å²) in [5.41, 5.74) is -1.67. The zero-order valence-corrected chi connectivity index (χ0v) is 13.4. The lowest BCUT2D eigenvalue weighted by Gasteiger charge is -2.26. The van der Waals surface area contributed by atoms with Crippen molar-refractivity contribution in [2.45, 2.75) is 6.18 Å². The SMILES string of the molecule is O=C1CN(C(=O)c2cnn(-c3ccc(Cl)cc3)c2C(F)(F)F)CCN1. The summed E-state index contributed by atoms with van der Waals surface area (Å²) in [5.74, 6) is -1.30. The van der Waals surface area contributed by atoms with Crippen molar-refractivity contribution in [2.24, 2.45) is 0 Å². The summed E-state index contributed by atoms with van der Waals surface area (Å²) in [6.07, 6.45) is -3.94. The average Bonchev–Trinajstić information content (AvgIpc) is 3.00. The van der Waals surface area contributed by atoms with Gasteiger partial charge in [-0.3, -0.25) is 9.59 Å². The fraction of sp³-hybridized carbons (Fsp3) is 0.267. The Morgan fingerprint density at radius 3 is 2.52 bits per heavy atom. The standard InChI is InChI=1S/C15H12ClF3N4O2/c16-9-1-3-10(4-2-9)23-13(15(17,18)19)11(7-21-23)14(25)22-6-5-20-12(24)8-22/h1-4,7H,5-6,8H2,(H,20,24). The van der Waals surface area contributed by atoms with E-state index in [4.69, 9.17) is 11.6 Å². The van der Waals surface area contributed by atoms with E-state index in [0.29, 0.717) is 9.70 Å². The van der Waals surface area contributed by atoms with Crippen LogP contribution in [0.2, 0.25) is 5.02 Å². The number of carbonyl (C=O) groups excluding carboxylic acids is 2. The lowest BCUT2D eigenvalue weighted by atomic mass is 10.2. The zero-order valence-electron chi connectivity index (χ0n) is 12.7. The van der Waals surface area contributed by atoms with E-state index in [9.17, 15) is 22.8 Å². The number of benzene rings is 1. The summed E-state index contributed by atoms with van der Waals surface area (Å²) in [4.78, 5) is 24.9. The minimum atomic E-state index is -4.81. The molecule has 2 aromatic rings. The largest absolute Gasteiger partial charge is 0.434 e. The molecule has 0 atom stereocenters. The first-order chi connectivity index (χ1) is 11.8. The minimum absolute atomic E-state index is 0.118. The Hall–Kier alpha value is -2.55. The van der Waals surface area contributed by atoms with E-state index in [1.54, 1.807) is 0 Å². The molecule has 0 unspecified atom stereocenters. The summed E-state index contributed by atoms with van der Waals surface area (Å²) in [6.45, 7) is 0.0352. The molecule has 1 aromatic carbocycles. The van der Waals surface area contributed by atoms with Gasteiger partial charge in [-0.25, -0.2) is 4.68 Å². The number of carbonyl (C=O) groups is 2. The van der Waals surface area contributed by atoms with Gasteiger partial charge >= 0.3 is 6.18 Å². The smallest absolute Gasteiger partial charge is 0.353 e. The fourth-order valence-electron chi connectivity index (χ4n) is 2.54. The Morgan fingerprint density at radius 2 is 1.92 bits per heavy atom. The quantitative estimate of drug-likeness (QED) is 0.878. The number of hydrogen-bond donors (Lipinski definition) is 1. The van der Waals surface area contributed by atoms with E-state index in [1.807, 2.05) is 0 Å². The molecule has 1 saturated heterocycles. The number of hydrogen-bond acceptors (Lipinski definition) is 3. The first-order valence-electron chi connectivity index (χ1n) is 7.24. The zero-order chi connectivity index (χ0) is 18.2. The third-order valence-electron chi connectivity index (χ3n) is 3.66. The number of nitrogens with zero attached hydrogens (tertiary/aromatic N) is 3. The molecule has 1 aromatic heterocycles. The Bertz CT molecular complexity index is 817. The molecule has 2 heterocycles. The van der Waals surface area contributed by atoms with Crippen molar-refractivity contribution in [3.63, 3.8) is 0 Å². The van der Waals surface area contributed by atoms with Gasteiger partial charge in [0.15, 0.2) is 5.69 Å². The molecule has 25 heavy (non-hydrogen) atoms. The molecule has 0 aliphatic carbocycles. The number of amides is 2. The predicted molar refractivity (Wildman–Crippen MR) is 82.5 cm³/mol. The van der Waals surface area contributed by atoms with E-state index in [-0.39, 0.29) is 25.3 Å². The van der Waals surface area contributed by atoms with Crippen LogP contribution in [0.25, 0.3) is 5.69 Å². The normalized spacial score (nSPS) is 15.2. The second-order valence-electron chi connectivity index (χ2n) is 5.37. The van der Waals surface area contributed by atoms with Crippen LogP contribution in [0.1, 0.15) is 16.1 Å². The number of halogens is 4. The second kappa shape index (κ2) is 6.40. The van der Waals surface area contributed by atoms with Crippen molar-refractivity contribution in [2.75, 3.05) is 19.6 Å². The van der Waals surface area contributed by atoms with Crippen molar-refractivity contribution in [3.8, 4) is 5.69 Å². The molecule has 1 N–H and O–H groups in total. The topological polar surface area (TPSA) is 67.2 Å². The monoisotopic (exact) mass is 372 g/mol. The van der Waals surface area contributed by atoms with E-state index >= 15 is 0 Å². The second-order valence-corrected chi connectivity index (χ2v) is 5.81. The molecule has 2 amide bonds. The number of rotatable bonds is 2. The summed E-state index contributed by atoms with van der Waals surface area (Å²) in [5, 5.41) is 6.60. The number of nitrogens with one attached hydrogen (secondary N) is 1. The van der Waals surface area contributed by atoms with Crippen LogP contribution in [0.3, 0.4) is 0 Å². The van der Waals surface area contributed by atoms with Gasteiger partial charge in [0.05, 0.1) is 24.0 Å². The van der Waals surface area contributed by atoms with Crippen molar-refractivity contribution in [1.82, 2.24) is 20.0 Å². The van der Waals surface area contributed by atoms with E-state index in [1.165, 1.54) is 24.3 Å².